The van der Waals surface area contributed by atoms with Crippen LogP contribution in [0.5, 0.6) is 0 Å². The smallest absolute Gasteiger partial charge is 0.235 e. The Morgan fingerprint density at radius 1 is 1.00 bits per heavy atom. The molecule has 0 radical (unpaired) electrons. The molecular weight excluding hydrogens is 420 g/mol. The van der Waals surface area contributed by atoms with E-state index in [0.29, 0.717) is 11.6 Å². The topological polar surface area (TPSA) is 66.5 Å². The third kappa shape index (κ3) is 6.56. The molecule has 162 valence electrons. The lowest BCUT2D eigenvalue weighted by Crippen LogP contribution is -2.38. The molecule has 3 rings (SSSR count). The molecule has 1 heterocycles. The molecule has 1 aliphatic rings. The van der Waals surface area contributed by atoms with Crippen molar-refractivity contribution < 1.29 is 13.2 Å². The number of piperidine rings is 1. The van der Waals surface area contributed by atoms with Crippen molar-refractivity contribution in [1.82, 2.24) is 10.2 Å². The molecule has 0 bridgehead atoms. The molecule has 1 aliphatic heterocycles. The molecule has 7 heteroatoms. The summed E-state index contributed by atoms with van der Waals surface area (Å²) in [5, 5.41) is 3.14. The van der Waals surface area contributed by atoms with E-state index in [-0.39, 0.29) is 4.90 Å². The molecule has 1 saturated heterocycles. The van der Waals surface area contributed by atoms with Crippen molar-refractivity contribution >= 4 is 27.3 Å². The van der Waals surface area contributed by atoms with Gasteiger partial charge >= 0.3 is 0 Å². The molecule has 2 aromatic rings. The van der Waals surface area contributed by atoms with Crippen LogP contribution in [0.1, 0.15) is 31.4 Å². The number of amides is 1. The highest BCUT2D eigenvalue weighted by molar-refractivity contribution is 7.92. The van der Waals surface area contributed by atoms with Crippen LogP contribution in [0.15, 0.2) is 53.4 Å². The summed E-state index contributed by atoms with van der Waals surface area (Å²) in [5.74, 6) is 0.350. The van der Waals surface area contributed by atoms with Crippen LogP contribution in [0.4, 0.5) is 0 Å². The van der Waals surface area contributed by atoms with Gasteiger partial charge < -0.3 is 5.32 Å². The summed E-state index contributed by atoms with van der Waals surface area (Å²) >= 11 is 5.79. The molecule has 2 aromatic carbocycles. The van der Waals surface area contributed by atoms with Gasteiger partial charge in [0.05, 0.1) is 4.90 Å². The normalized spacial score (nSPS) is 20.1. The van der Waals surface area contributed by atoms with Crippen LogP contribution in [0.2, 0.25) is 5.02 Å². The highest BCUT2D eigenvalue weighted by atomic mass is 35.5. The van der Waals surface area contributed by atoms with Crippen LogP contribution < -0.4 is 5.32 Å². The second kappa shape index (κ2) is 9.94. The van der Waals surface area contributed by atoms with Gasteiger partial charge in [0.25, 0.3) is 0 Å². The summed E-state index contributed by atoms with van der Waals surface area (Å²) < 4.78 is 24.7. The molecule has 1 amide bonds. The van der Waals surface area contributed by atoms with Gasteiger partial charge in [-0.05, 0) is 53.6 Å². The third-order valence-electron chi connectivity index (χ3n) is 5.36. The average molecular weight is 449 g/mol. The van der Waals surface area contributed by atoms with Crippen LogP contribution in [-0.2, 0) is 27.7 Å². The number of nitrogens with zero attached hydrogens (tertiary/aromatic N) is 1. The van der Waals surface area contributed by atoms with Crippen LogP contribution in [-0.4, -0.2) is 38.1 Å². The first-order valence-corrected chi connectivity index (χ1v) is 12.3. The molecule has 0 aromatic heterocycles. The van der Waals surface area contributed by atoms with Gasteiger partial charge in [-0.15, -0.1) is 0 Å². The van der Waals surface area contributed by atoms with Gasteiger partial charge in [0.1, 0.15) is 5.75 Å². The fourth-order valence-electron chi connectivity index (χ4n) is 4.09. The number of nitrogens with one attached hydrogen (secondary N) is 1. The minimum atomic E-state index is -3.69. The predicted molar refractivity (Wildman–Crippen MR) is 120 cm³/mol. The third-order valence-corrected chi connectivity index (χ3v) is 7.24. The molecule has 0 saturated carbocycles. The Balaban J connectivity index is 1.49. The fourth-order valence-corrected chi connectivity index (χ4v) is 5.38. The van der Waals surface area contributed by atoms with Gasteiger partial charge in [-0.25, -0.2) is 8.42 Å². The quantitative estimate of drug-likeness (QED) is 0.697. The molecule has 5 nitrogen and oxygen atoms in total. The van der Waals surface area contributed by atoms with Gasteiger partial charge in [0.2, 0.25) is 5.91 Å². The highest BCUT2D eigenvalue weighted by Gasteiger charge is 2.22. The number of benzene rings is 2. The number of carbonyl (C=O) groups is 1. The first-order chi connectivity index (χ1) is 14.2. The minimum absolute atomic E-state index is 0.0905. The van der Waals surface area contributed by atoms with E-state index in [1.165, 1.54) is 36.2 Å². The lowest BCUT2D eigenvalue weighted by molar-refractivity contribution is -0.118. The van der Waals surface area contributed by atoms with Crippen LogP contribution >= 0.6 is 11.6 Å². The van der Waals surface area contributed by atoms with Crippen molar-refractivity contribution in [2.24, 2.45) is 11.8 Å². The van der Waals surface area contributed by atoms with Gasteiger partial charge in [0.15, 0.2) is 9.84 Å². The van der Waals surface area contributed by atoms with Crippen molar-refractivity contribution in [3.8, 4) is 0 Å². The monoisotopic (exact) mass is 448 g/mol. The highest BCUT2D eigenvalue weighted by Crippen LogP contribution is 2.22. The summed E-state index contributed by atoms with van der Waals surface area (Å²) in [7, 11) is -3.69. The lowest BCUT2D eigenvalue weighted by Gasteiger charge is -2.35. The minimum Gasteiger partial charge on any atom is -0.351 e. The lowest BCUT2D eigenvalue weighted by atomic mass is 9.91. The zero-order chi connectivity index (χ0) is 21.7. The van der Waals surface area contributed by atoms with Gasteiger partial charge in [-0.1, -0.05) is 49.7 Å². The Morgan fingerprint density at radius 2 is 1.57 bits per heavy atom. The Labute approximate surface area is 184 Å². The largest absolute Gasteiger partial charge is 0.351 e. The SMILES string of the molecule is CC1CC(C)CN(Cc2ccc(CNC(=O)CS(=O)(=O)c3ccc(Cl)cc3)cc2)C1. The Bertz CT molecular complexity index is 949. The first-order valence-electron chi connectivity index (χ1n) is 10.3. The number of halogens is 1. The van der Waals surface area contributed by atoms with Crippen LogP contribution in [0.3, 0.4) is 0 Å². The summed E-state index contributed by atoms with van der Waals surface area (Å²) in [6.45, 7) is 8.10. The van der Waals surface area contributed by atoms with Crippen molar-refractivity contribution in [1.29, 1.82) is 0 Å². The second-order valence-corrected chi connectivity index (χ2v) is 10.9. The molecule has 0 spiro atoms. The Hall–Kier alpha value is -1.89. The molecule has 2 unspecified atom stereocenters. The predicted octanol–water partition coefficient (Wildman–Crippen LogP) is 3.91. The summed E-state index contributed by atoms with van der Waals surface area (Å²) in [6, 6.07) is 13.9. The van der Waals surface area contributed by atoms with E-state index < -0.39 is 21.5 Å². The summed E-state index contributed by atoms with van der Waals surface area (Å²) in [5.41, 5.74) is 2.19. The first kappa shape index (κ1) is 22.8. The standard InChI is InChI=1S/C23H29ClN2O3S/c1-17-11-18(2)14-26(13-17)15-20-5-3-19(4-6-20)12-25-23(27)16-30(28,29)22-9-7-21(24)8-10-22/h3-10,17-18H,11-16H2,1-2H3,(H,25,27). The zero-order valence-corrected chi connectivity index (χ0v) is 19.0. The fraction of sp³-hybridized carbons (Fsp3) is 0.435. The van der Waals surface area contributed by atoms with Crippen molar-refractivity contribution in [2.75, 3.05) is 18.8 Å². The van der Waals surface area contributed by atoms with Crippen LogP contribution in [0.25, 0.3) is 0 Å². The average Bonchev–Trinajstić information content (AvgIpc) is 2.67. The van der Waals surface area contributed by atoms with E-state index in [2.05, 4.69) is 36.2 Å². The summed E-state index contributed by atoms with van der Waals surface area (Å²) in [4.78, 5) is 14.7. The maximum Gasteiger partial charge on any atom is 0.235 e. The number of rotatable bonds is 7. The molecule has 1 N–H and O–H groups in total. The van der Waals surface area contributed by atoms with Crippen molar-refractivity contribution in [3.05, 3.63) is 64.7 Å². The van der Waals surface area contributed by atoms with E-state index in [0.717, 1.165) is 37.0 Å². The van der Waals surface area contributed by atoms with Gasteiger partial charge in [-0.3, -0.25) is 9.69 Å². The van der Waals surface area contributed by atoms with E-state index >= 15 is 0 Å². The van der Waals surface area contributed by atoms with E-state index in [1.807, 2.05) is 12.1 Å². The van der Waals surface area contributed by atoms with E-state index in [9.17, 15) is 13.2 Å². The number of sulfone groups is 1. The molecule has 30 heavy (non-hydrogen) atoms. The van der Waals surface area contributed by atoms with Gasteiger partial charge in [-0.2, -0.15) is 0 Å². The van der Waals surface area contributed by atoms with Crippen LogP contribution in [0, 0.1) is 11.8 Å². The number of likely N-dealkylation sites (tertiary alicyclic amines) is 1. The Morgan fingerprint density at radius 3 is 2.17 bits per heavy atom. The van der Waals surface area contributed by atoms with E-state index in [4.69, 9.17) is 11.6 Å². The van der Waals surface area contributed by atoms with Gasteiger partial charge in [0, 0.05) is 31.2 Å². The van der Waals surface area contributed by atoms with Crippen molar-refractivity contribution in [2.45, 2.75) is 38.3 Å². The number of hydrogen-bond donors (Lipinski definition) is 1. The molecular formula is C23H29ClN2O3S. The molecule has 1 fully saturated rings. The number of hydrogen-bond acceptors (Lipinski definition) is 4. The molecule has 2 atom stereocenters. The zero-order valence-electron chi connectivity index (χ0n) is 17.5. The second-order valence-electron chi connectivity index (χ2n) is 8.45. The van der Waals surface area contributed by atoms with Crippen molar-refractivity contribution in [3.63, 3.8) is 0 Å². The maximum absolute atomic E-state index is 12.3. The van der Waals surface area contributed by atoms with E-state index in [1.54, 1.807) is 0 Å². The maximum atomic E-state index is 12.3. The number of carbonyl (C=O) groups excluding carboxylic acids is 1. The molecule has 0 aliphatic carbocycles. The summed E-state index contributed by atoms with van der Waals surface area (Å²) in [6.07, 6.45) is 1.29. The Kier molecular flexibility index (Phi) is 7.55.